The van der Waals surface area contributed by atoms with Gasteiger partial charge in [0.25, 0.3) is 0 Å². The maximum absolute atomic E-state index is 11.2. The molecule has 0 aromatic carbocycles. The molecule has 4 heteroatoms. The van der Waals surface area contributed by atoms with Gasteiger partial charge in [-0.2, -0.15) is 0 Å². The van der Waals surface area contributed by atoms with Gasteiger partial charge in [-0.1, -0.05) is 6.92 Å². The van der Waals surface area contributed by atoms with Gasteiger partial charge < -0.3 is 9.72 Å². The monoisotopic (exact) mass is 181 g/mol. The molecule has 13 heavy (non-hydrogen) atoms. The Labute approximate surface area is 75.5 Å². The Morgan fingerprint density at radius 1 is 1.62 bits per heavy atom. The number of carbonyl (C=O) groups excluding carboxylic acids is 1. The molecule has 4 nitrogen and oxygen atoms in total. The summed E-state index contributed by atoms with van der Waals surface area (Å²) in [6.45, 7) is 1.90. The SMILES string of the molecule is CCc1c[nH]c(=O)cc1C(=O)OC. The van der Waals surface area contributed by atoms with E-state index < -0.39 is 5.97 Å². The highest BCUT2D eigenvalue weighted by Gasteiger charge is 2.10. The normalized spacial score (nSPS) is 9.69. The maximum atomic E-state index is 11.2. The van der Waals surface area contributed by atoms with Crippen LogP contribution >= 0.6 is 0 Å². The first-order chi connectivity index (χ1) is 6.19. The molecule has 1 aromatic rings. The number of ether oxygens (including phenoxy) is 1. The van der Waals surface area contributed by atoms with E-state index in [9.17, 15) is 9.59 Å². The van der Waals surface area contributed by atoms with E-state index >= 15 is 0 Å². The number of nitrogens with one attached hydrogen (secondary N) is 1. The molecule has 1 N–H and O–H groups in total. The van der Waals surface area contributed by atoms with Gasteiger partial charge >= 0.3 is 5.97 Å². The van der Waals surface area contributed by atoms with Crippen molar-refractivity contribution >= 4 is 5.97 Å². The van der Waals surface area contributed by atoms with Gasteiger partial charge in [0.15, 0.2) is 0 Å². The fraction of sp³-hybridized carbons (Fsp3) is 0.333. The van der Waals surface area contributed by atoms with E-state index in [1.807, 2.05) is 6.92 Å². The van der Waals surface area contributed by atoms with E-state index in [1.165, 1.54) is 19.4 Å². The number of esters is 1. The first kappa shape index (κ1) is 9.51. The van der Waals surface area contributed by atoms with Crippen LogP contribution in [0.25, 0.3) is 0 Å². The van der Waals surface area contributed by atoms with Crippen molar-refractivity contribution in [2.24, 2.45) is 0 Å². The van der Waals surface area contributed by atoms with Gasteiger partial charge in [0.2, 0.25) is 5.56 Å². The van der Waals surface area contributed by atoms with E-state index in [2.05, 4.69) is 9.72 Å². The lowest BCUT2D eigenvalue weighted by Crippen LogP contribution is -2.13. The van der Waals surface area contributed by atoms with Crippen molar-refractivity contribution in [3.8, 4) is 0 Å². The van der Waals surface area contributed by atoms with Crippen LogP contribution in [0.1, 0.15) is 22.8 Å². The summed E-state index contributed by atoms with van der Waals surface area (Å²) in [7, 11) is 1.29. The Balaban J connectivity index is 3.23. The Morgan fingerprint density at radius 3 is 2.85 bits per heavy atom. The van der Waals surface area contributed by atoms with Crippen LogP contribution in [-0.4, -0.2) is 18.1 Å². The molecule has 0 saturated heterocycles. The van der Waals surface area contributed by atoms with Crippen LogP contribution in [0.3, 0.4) is 0 Å². The number of pyridine rings is 1. The molecule has 0 radical (unpaired) electrons. The van der Waals surface area contributed by atoms with Crippen LogP contribution in [0.4, 0.5) is 0 Å². The number of H-pyrrole nitrogens is 1. The number of hydrogen-bond acceptors (Lipinski definition) is 3. The predicted octanol–water partition coefficient (Wildman–Crippen LogP) is 0.724. The van der Waals surface area contributed by atoms with Crippen LogP contribution in [0.15, 0.2) is 17.1 Å². The molecule has 0 spiro atoms. The van der Waals surface area contributed by atoms with Gasteiger partial charge in [-0.3, -0.25) is 4.79 Å². The average molecular weight is 181 g/mol. The van der Waals surface area contributed by atoms with Crippen LogP contribution in [-0.2, 0) is 11.2 Å². The molecule has 0 fully saturated rings. The molecular weight excluding hydrogens is 170 g/mol. The molecule has 70 valence electrons. The van der Waals surface area contributed by atoms with Crippen molar-refractivity contribution in [1.82, 2.24) is 4.98 Å². The zero-order chi connectivity index (χ0) is 9.84. The highest BCUT2D eigenvalue weighted by molar-refractivity contribution is 5.90. The minimum absolute atomic E-state index is 0.294. The quantitative estimate of drug-likeness (QED) is 0.684. The number of aromatic nitrogens is 1. The lowest BCUT2D eigenvalue weighted by Gasteiger charge is -2.03. The lowest BCUT2D eigenvalue weighted by molar-refractivity contribution is 0.0599. The summed E-state index contributed by atoms with van der Waals surface area (Å²) >= 11 is 0. The van der Waals surface area contributed by atoms with Gasteiger partial charge in [0.05, 0.1) is 12.7 Å². The summed E-state index contributed by atoms with van der Waals surface area (Å²) in [6, 6.07) is 1.25. The van der Waals surface area contributed by atoms with E-state index in [1.54, 1.807) is 0 Å². The minimum Gasteiger partial charge on any atom is -0.465 e. The molecule has 1 heterocycles. The van der Waals surface area contributed by atoms with Crippen LogP contribution < -0.4 is 5.56 Å². The second-order valence-corrected chi connectivity index (χ2v) is 2.58. The van der Waals surface area contributed by atoms with Crippen molar-refractivity contribution in [3.05, 3.63) is 33.7 Å². The van der Waals surface area contributed by atoms with Gasteiger partial charge in [-0.15, -0.1) is 0 Å². The second-order valence-electron chi connectivity index (χ2n) is 2.58. The molecular formula is C9H11NO3. The summed E-state index contributed by atoms with van der Waals surface area (Å²) < 4.78 is 4.54. The molecule has 1 rings (SSSR count). The van der Waals surface area contributed by atoms with Gasteiger partial charge in [-0.05, 0) is 12.0 Å². The fourth-order valence-electron chi connectivity index (χ4n) is 1.09. The topological polar surface area (TPSA) is 59.2 Å². The van der Waals surface area contributed by atoms with E-state index in [0.717, 1.165) is 5.56 Å². The molecule has 0 saturated carbocycles. The zero-order valence-electron chi connectivity index (χ0n) is 7.59. The first-order valence-corrected chi connectivity index (χ1v) is 3.99. The Bertz CT molecular complexity index is 367. The van der Waals surface area contributed by atoms with Crippen LogP contribution in [0, 0.1) is 0 Å². The highest BCUT2D eigenvalue weighted by atomic mass is 16.5. The largest absolute Gasteiger partial charge is 0.465 e. The van der Waals surface area contributed by atoms with Gasteiger partial charge in [0.1, 0.15) is 0 Å². The number of rotatable bonds is 2. The summed E-state index contributed by atoms with van der Waals surface area (Å²) in [6.07, 6.45) is 2.22. The van der Waals surface area contributed by atoms with E-state index in [4.69, 9.17) is 0 Å². The van der Waals surface area contributed by atoms with Crippen molar-refractivity contribution in [1.29, 1.82) is 0 Å². The molecule has 1 aromatic heterocycles. The smallest absolute Gasteiger partial charge is 0.338 e. The van der Waals surface area contributed by atoms with Crippen LogP contribution in [0.2, 0.25) is 0 Å². The number of aryl methyl sites for hydroxylation is 1. The molecule has 0 aliphatic carbocycles. The Kier molecular flexibility index (Phi) is 2.84. The Morgan fingerprint density at radius 2 is 2.31 bits per heavy atom. The third kappa shape index (κ3) is 1.96. The second kappa shape index (κ2) is 3.89. The summed E-state index contributed by atoms with van der Waals surface area (Å²) in [5.74, 6) is -0.469. The molecule has 0 bridgehead atoms. The van der Waals surface area contributed by atoms with Crippen molar-refractivity contribution in [2.75, 3.05) is 7.11 Å². The zero-order valence-corrected chi connectivity index (χ0v) is 7.59. The Hall–Kier alpha value is -1.58. The molecule has 0 amide bonds. The van der Waals surface area contributed by atoms with Crippen molar-refractivity contribution in [2.45, 2.75) is 13.3 Å². The van der Waals surface area contributed by atoms with Crippen molar-refractivity contribution in [3.63, 3.8) is 0 Å². The summed E-state index contributed by atoms with van der Waals surface area (Å²) in [4.78, 5) is 24.6. The predicted molar refractivity (Wildman–Crippen MR) is 47.8 cm³/mol. The van der Waals surface area contributed by atoms with Gasteiger partial charge in [0, 0.05) is 12.3 Å². The minimum atomic E-state index is -0.469. The fourth-order valence-corrected chi connectivity index (χ4v) is 1.09. The average Bonchev–Trinajstić information content (AvgIpc) is 2.16. The highest BCUT2D eigenvalue weighted by Crippen LogP contribution is 2.06. The third-order valence-electron chi connectivity index (χ3n) is 1.80. The lowest BCUT2D eigenvalue weighted by atomic mass is 10.1. The molecule has 0 aliphatic heterocycles. The number of hydrogen-bond donors (Lipinski definition) is 1. The number of carbonyl (C=O) groups is 1. The van der Waals surface area contributed by atoms with E-state index in [0.29, 0.717) is 12.0 Å². The summed E-state index contributed by atoms with van der Waals surface area (Å²) in [5, 5.41) is 0. The standard InChI is InChI=1S/C9H11NO3/c1-3-6-5-10-8(11)4-7(6)9(12)13-2/h4-5H,3H2,1-2H3,(H,10,11). The first-order valence-electron chi connectivity index (χ1n) is 3.99. The van der Waals surface area contributed by atoms with Crippen LogP contribution in [0.5, 0.6) is 0 Å². The molecule has 0 atom stereocenters. The maximum Gasteiger partial charge on any atom is 0.338 e. The van der Waals surface area contributed by atoms with Gasteiger partial charge in [-0.25, -0.2) is 4.79 Å². The summed E-state index contributed by atoms with van der Waals surface area (Å²) in [5.41, 5.74) is 0.831. The van der Waals surface area contributed by atoms with Crippen molar-refractivity contribution < 1.29 is 9.53 Å². The number of methoxy groups -OCH3 is 1. The third-order valence-corrected chi connectivity index (χ3v) is 1.80. The number of aromatic amines is 1. The molecule has 0 unspecified atom stereocenters. The molecule has 0 aliphatic rings. The van der Waals surface area contributed by atoms with E-state index in [-0.39, 0.29) is 5.56 Å².